The summed E-state index contributed by atoms with van der Waals surface area (Å²) in [5, 5.41) is 2.55. The third-order valence-electron chi connectivity index (χ3n) is 4.90. The van der Waals surface area contributed by atoms with Crippen molar-refractivity contribution in [3.63, 3.8) is 0 Å². The van der Waals surface area contributed by atoms with Gasteiger partial charge in [0.05, 0.1) is 30.2 Å². The molecule has 0 heterocycles. The fourth-order valence-electron chi connectivity index (χ4n) is 3.18. The summed E-state index contributed by atoms with van der Waals surface area (Å²) in [7, 11) is -1.43. The molecule has 188 valence electrons. The number of carbonyl (C=O) groups is 3. The minimum atomic E-state index is -3.81. The van der Waals surface area contributed by atoms with Crippen LogP contribution in [0, 0.1) is 6.92 Å². The van der Waals surface area contributed by atoms with E-state index < -0.39 is 34.5 Å². The second-order valence-corrected chi connectivity index (χ2v) is 9.20. The van der Waals surface area contributed by atoms with Crippen LogP contribution in [0.15, 0.2) is 71.6 Å². The van der Waals surface area contributed by atoms with Gasteiger partial charge in [0.2, 0.25) is 0 Å². The van der Waals surface area contributed by atoms with Gasteiger partial charge in [-0.05, 0) is 61.0 Å². The van der Waals surface area contributed by atoms with Gasteiger partial charge in [0, 0.05) is 11.4 Å². The lowest BCUT2D eigenvalue weighted by Gasteiger charge is -2.13. The average Bonchev–Trinajstić information content (AvgIpc) is 2.87. The molecule has 2 N–H and O–H groups in total. The van der Waals surface area contributed by atoms with Gasteiger partial charge in [-0.2, -0.15) is 0 Å². The van der Waals surface area contributed by atoms with E-state index >= 15 is 0 Å². The smallest absolute Gasteiger partial charge is 0.337 e. The topological polar surface area (TPSA) is 137 Å². The van der Waals surface area contributed by atoms with E-state index in [1.165, 1.54) is 50.6 Å². The van der Waals surface area contributed by atoms with E-state index in [0.29, 0.717) is 17.0 Å². The quantitative estimate of drug-likeness (QED) is 0.416. The number of anilines is 2. The molecule has 0 aromatic heterocycles. The van der Waals surface area contributed by atoms with Gasteiger partial charge in [-0.15, -0.1) is 0 Å². The van der Waals surface area contributed by atoms with Crippen molar-refractivity contribution in [3.8, 4) is 5.75 Å². The van der Waals surface area contributed by atoms with Crippen molar-refractivity contribution in [1.82, 2.24) is 0 Å². The molecule has 0 aliphatic rings. The molecule has 11 heteroatoms. The number of carbonyl (C=O) groups excluding carboxylic acids is 3. The first-order valence-electron chi connectivity index (χ1n) is 10.6. The molecule has 10 nitrogen and oxygen atoms in total. The van der Waals surface area contributed by atoms with E-state index in [-0.39, 0.29) is 21.7 Å². The maximum atomic E-state index is 12.6. The first-order valence-corrected chi connectivity index (χ1v) is 12.0. The summed E-state index contributed by atoms with van der Waals surface area (Å²) in [6.45, 7) is 1.24. The minimum Gasteiger partial charge on any atom is -0.483 e. The number of rotatable bonds is 9. The van der Waals surface area contributed by atoms with Crippen LogP contribution in [0.25, 0.3) is 0 Å². The standard InChI is InChI=1S/C25H24N2O8S/c1-16-11-21(36(31,32)27-19-7-5-4-6-8-19)9-10-22(16)35-15-23(28)26-20-13-17(24(29)33-2)12-18(14-20)25(30)34-3/h4-14,27H,15H2,1-3H3,(H,26,28). The fourth-order valence-corrected chi connectivity index (χ4v) is 4.33. The van der Waals surface area contributed by atoms with Gasteiger partial charge in [0.25, 0.3) is 15.9 Å². The van der Waals surface area contributed by atoms with Crippen molar-refractivity contribution in [1.29, 1.82) is 0 Å². The number of nitrogens with one attached hydrogen (secondary N) is 2. The highest BCUT2D eigenvalue weighted by molar-refractivity contribution is 7.92. The largest absolute Gasteiger partial charge is 0.483 e. The second kappa shape index (κ2) is 11.4. The van der Waals surface area contributed by atoms with E-state index in [9.17, 15) is 22.8 Å². The monoisotopic (exact) mass is 512 g/mol. The molecule has 0 saturated carbocycles. The van der Waals surface area contributed by atoms with E-state index in [2.05, 4.69) is 19.5 Å². The third kappa shape index (κ3) is 6.60. The Hall–Kier alpha value is -4.38. The number of benzene rings is 3. The van der Waals surface area contributed by atoms with Gasteiger partial charge in [-0.1, -0.05) is 18.2 Å². The zero-order chi connectivity index (χ0) is 26.3. The van der Waals surface area contributed by atoms with Crippen molar-refractivity contribution in [3.05, 3.63) is 83.4 Å². The van der Waals surface area contributed by atoms with Crippen molar-refractivity contribution in [2.45, 2.75) is 11.8 Å². The van der Waals surface area contributed by atoms with Gasteiger partial charge in [-0.25, -0.2) is 18.0 Å². The van der Waals surface area contributed by atoms with Gasteiger partial charge >= 0.3 is 11.9 Å². The molecule has 0 saturated heterocycles. The Labute approximate surface area is 208 Å². The molecular formula is C25H24N2O8S. The molecule has 0 radical (unpaired) electrons. The lowest BCUT2D eigenvalue weighted by Crippen LogP contribution is -2.21. The minimum absolute atomic E-state index is 0.0376. The second-order valence-electron chi connectivity index (χ2n) is 7.52. The van der Waals surface area contributed by atoms with Crippen molar-refractivity contribution in [2.75, 3.05) is 30.9 Å². The molecule has 3 rings (SSSR count). The highest BCUT2D eigenvalue weighted by Gasteiger charge is 2.17. The zero-order valence-electron chi connectivity index (χ0n) is 19.7. The maximum Gasteiger partial charge on any atom is 0.337 e. The molecule has 0 aliphatic carbocycles. The Balaban J connectivity index is 1.69. The van der Waals surface area contributed by atoms with E-state index in [1.54, 1.807) is 37.3 Å². The number of para-hydroxylation sites is 1. The van der Waals surface area contributed by atoms with Crippen LogP contribution in [0.3, 0.4) is 0 Å². The number of hydrogen-bond acceptors (Lipinski definition) is 8. The molecular weight excluding hydrogens is 488 g/mol. The maximum absolute atomic E-state index is 12.6. The van der Waals surface area contributed by atoms with Crippen LogP contribution >= 0.6 is 0 Å². The number of sulfonamides is 1. The summed E-state index contributed by atoms with van der Waals surface area (Å²) >= 11 is 0. The Morgan fingerprint density at radius 1 is 0.806 bits per heavy atom. The summed E-state index contributed by atoms with van der Waals surface area (Å²) in [4.78, 5) is 36.3. The van der Waals surface area contributed by atoms with Crippen LogP contribution in [0.4, 0.5) is 11.4 Å². The Morgan fingerprint density at radius 3 is 1.97 bits per heavy atom. The van der Waals surface area contributed by atoms with Crippen LogP contribution in [0.1, 0.15) is 26.3 Å². The predicted molar refractivity (Wildman–Crippen MR) is 132 cm³/mol. The van der Waals surface area contributed by atoms with E-state index in [0.717, 1.165) is 0 Å². The molecule has 0 atom stereocenters. The predicted octanol–water partition coefficient (Wildman–Crippen LogP) is 3.39. The fraction of sp³-hybridized carbons (Fsp3) is 0.160. The molecule has 0 bridgehead atoms. The van der Waals surface area contributed by atoms with Gasteiger partial charge < -0.3 is 19.5 Å². The van der Waals surface area contributed by atoms with E-state index in [4.69, 9.17) is 4.74 Å². The number of ether oxygens (including phenoxy) is 3. The molecule has 0 aliphatic heterocycles. The number of aryl methyl sites for hydroxylation is 1. The number of amides is 1. The summed E-state index contributed by atoms with van der Waals surface area (Å²) in [6.07, 6.45) is 0. The van der Waals surface area contributed by atoms with Crippen LogP contribution in [0.2, 0.25) is 0 Å². The first-order chi connectivity index (χ1) is 17.1. The Bertz CT molecular complexity index is 1350. The first kappa shape index (κ1) is 26.2. The SMILES string of the molecule is COC(=O)c1cc(NC(=O)COc2ccc(S(=O)(=O)Nc3ccccc3)cc2C)cc(C(=O)OC)c1. The Morgan fingerprint density at radius 2 is 1.42 bits per heavy atom. The van der Waals surface area contributed by atoms with Crippen molar-refractivity contribution < 1.29 is 37.0 Å². The molecule has 0 fully saturated rings. The summed E-state index contributed by atoms with van der Waals surface area (Å²) in [5.41, 5.74) is 1.19. The summed E-state index contributed by atoms with van der Waals surface area (Å²) in [6, 6.07) is 16.7. The van der Waals surface area contributed by atoms with E-state index in [1.807, 2.05) is 0 Å². The molecule has 3 aromatic carbocycles. The average molecular weight is 513 g/mol. The molecule has 1 amide bonds. The highest BCUT2D eigenvalue weighted by atomic mass is 32.2. The number of hydrogen-bond donors (Lipinski definition) is 2. The Kier molecular flexibility index (Phi) is 8.28. The molecule has 36 heavy (non-hydrogen) atoms. The molecule has 0 spiro atoms. The van der Waals surface area contributed by atoms with Crippen molar-refractivity contribution in [2.24, 2.45) is 0 Å². The third-order valence-corrected chi connectivity index (χ3v) is 6.28. The molecule has 0 unspecified atom stereocenters. The number of esters is 2. The number of methoxy groups -OCH3 is 2. The zero-order valence-corrected chi connectivity index (χ0v) is 20.5. The van der Waals surface area contributed by atoms with Crippen LogP contribution in [-0.2, 0) is 24.3 Å². The summed E-state index contributed by atoms with van der Waals surface area (Å²) < 4.78 is 42.7. The lowest BCUT2D eigenvalue weighted by molar-refractivity contribution is -0.118. The van der Waals surface area contributed by atoms with Gasteiger partial charge in [0.15, 0.2) is 6.61 Å². The lowest BCUT2D eigenvalue weighted by atomic mass is 10.1. The van der Waals surface area contributed by atoms with Crippen LogP contribution in [0.5, 0.6) is 5.75 Å². The summed E-state index contributed by atoms with van der Waals surface area (Å²) in [5.74, 6) is -1.66. The highest BCUT2D eigenvalue weighted by Crippen LogP contribution is 2.24. The van der Waals surface area contributed by atoms with Crippen molar-refractivity contribution >= 4 is 39.2 Å². The molecule has 3 aromatic rings. The van der Waals surface area contributed by atoms with Crippen LogP contribution < -0.4 is 14.8 Å². The van der Waals surface area contributed by atoms with Gasteiger partial charge in [0.1, 0.15) is 5.75 Å². The van der Waals surface area contributed by atoms with Gasteiger partial charge in [-0.3, -0.25) is 9.52 Å². The normalized spacial score (nSPS) is 10.8. The van der Waals surface area contributed by atoms with Crippen LogP contribution in [-0.4, -0.2) is 47.1 Å².